The maximum atomic E-state index is 6.07. The predicted molar refractivity (Wildman–Crippen MR) is 82.6 cm³/mol. The molecule has 4 heteroatoms. The first-order valence-electron chi connectivity index (χ1n) is 6.71. The van der Waals surface area contributed by atoms with Crippen LogP contribution in [0.2, 0.25) is 5.02 Å². The number of aromatic nitrogens is 1. The average molecular weight is 291 g/mol. The van der Waals surface area contributed by atoms with Gasteiger partial charge in [0.1, 0.15) is 11.5 Å². The molecule has 2 rings (SSSR count). The predicted octanol–water partition coefficient (Wildman–Crippen LogP) is 4.12. The summed E-state index contributed by atoms with van der Waals surface area (Å²) in [7, 11) is 1.91. The number of nitrogens with one attached hydrogen (secondary N) is 1. The van der Waals surface area contributed by atoms with Crippen LogP contribution < -0.4 is 10.1 Å². The summed E-state index contributed by atoms with van der Waals surface area (Å²) in [5, 5.41) is 3.79. The Morgan fingerprint density at radius 3 is 2.70 bits per heavy atom. The molecular weight excluding hydrogens is 272 g/mol. The zero-order valence-electron chi connectivity index (χ0n) is 12.0. The lowest BCUT2D eigenvalue weighted by Crippen LogP contribution is -2.06. The molecule has 0 aliphatic carbocycles. The Bertz CT molecular complexity index is 599. The van der Waals surface area contributed by atoms with Gasteiger partial charge in [0.15, 0.2) is 0 Å². The van der Waals surface area contributed by atoms with Crippen molar-refractivity contribution in [1.29, 1.82) is 0 Å². The lowest BCUT2D eigenvalue weighted by Gasteiger charge is -2.14. The molecule has 0 unspecified atom stereocenters. The molecule has 0 amide bonds. The Hall–Kier alpha value is -1.58. The van der Waals surface area contributed by atoms with E-state index in [2.05, 4.69) is 17.2 Å². The maximum Gasteiger partial charge on any atom is 0.148 e. The van der Waals surface area contributed by atoms with E-state index in [1.54, 1.807) is 0 Å². The fourth-order valence-electron chi connectivity index (χ4n) is 2.02. The first kappa shape index (κ1) is 14.8. The van der Waals surface area contributed by atoms with Gasteiger partial charge in [-0.05, 0) is 44.7 Å². The van der Waals surface area contributed by atoms with E-state index in [0.29, 0.717) is 5.02 Å². The second-order valence-electron chi connectivity index (χ2n) is 4.64. The summed E-state index contributed by atoms with van der Waals surface area (Å²) in [4.78, 5) is 4.51. The first-order chi connectivity index (χ1) is 9.63. The molecule has 0 fully saturated rings. The molecule has 1 heterocycles. The summed E-state index contributed by atoms with van der Waals surface area (Å²) in [5.41, 5.74) is 3.02. The van der Waals surface area contributed by atoms with Crippen LogP contribution in [0, 0.1) is 6.92 Å². The Balaban J connectivity index is 2.36. The van der Waals surface area contributed by atoms with Gasteiger partial charge in [-0.25, -0.2) is 0 Å². The molecule has 0 saturated heterocycles. The van der Waals surface area contributed by atoms with Crippen molar-refractivity contribution in [3.63, 3.8) is 0 Å². The number of hydrogen-bond donors (Lipinski definition) is 1. The molecule has 0 bridgehead atoms. The van der Waals surface area contributed by atoms with Gasteiger partial charge in [-0.1, -0.05) is 24.6 Å². The second kappa shape index (κ2) is 6.73. The lowest BCUT2D eigenvalue weighted by atomic mass is 10.2. The number of benzene rings is 1. The first-order valence-corrected chi connectivity index (χ1v) is 7.09. The molecule has 0 saturated carbocycles. The Labute approximate surface area is 124 Å². The molecule has 1 N–H and O–H groups in total. The van der Waals surface area contributed by atoms with E-state index in [4.69, 9.17) is 16.3 Å². The van der Waals surface area contributed by atoms with E-state index in [9.17, 15) is 0 Å². The summed E-state index contributed by atoms with van der Waals surface area (Å²) in [6, 6.07) is 9.60. The molecule has 2 aromatic rings. The molecule has 106 valence electrons. The number of rotatable bonds is 5. The van der Waals surface area contributed by atoms with Crippen LogP contribution in [0.15, 0.2) is 30.3 Å². The van der Waals surface area contributed by atoms with Gasteiger partial charge >= 0.3 is 0 Å². The molecule has 0 spiro atoms. The molecule has 1 aromatic carbocycles. The van der Waals surface area contributed by atoms with Crippen molar-refractivity contribution < 1.29 is 4.74 Å². The third-order valence-corrected chi connectivity index (χ3v) is 3.26. The Kier molecular flexibility index (Phi) is 4.99. The van der Waals surface area contributed by atoms with Gasteiger partial charge in [0, 0.05) is 22.8 Å². The van der Waals surface area contributed by atoms with Crippen LogP contribution in [0.4, 0.5) is 0 Å². The van der Waals surface area contributed by atoms with Crippen LogP contribution in [-0.4, -0.2) is 12.0 Å². The van der Waals surface area contributed by atoms with Crippen molar-refractivity contribution in [2.24, 2.45) is 0 Å². The van der Waals surface area contributed by atoms with Gasteiger partial charge in [0.25, 0.3) is 0 Å². The van der Waals surface area contributed by atoms with Crippen LogP contribution in [0.5, 0.6) is 11.5 Å². The van der Waals surface area contributed by atoms with E-state index < -0.39 is 0 Å². The zero-order valence-corrected chi connectivity index (χ0v) is 12.8. The van der Waals surface area contributed by atoms with Crippen molar-refractivity contribution >= 4 is 11.6 Å². The number of ether oxygens (including phenoxy) is 1. The van der Waals surface area contributed by atoms with Crippen molar-refractivity contribution in [3.8, 4) is 11.5 Å². The zero-order chi connectivity index (χ0) is 14.5. The van der Waals surface area contributed by atoms with Gasteiger partial charge in [0.05, 0.1) is 5.69 Å². The smallest absolute Gasteiger partial charge is 0.148 e. The highest BCUT2D eigenvalue weighted by molar-refractivity contribution is 6.30. The SMILES string of the molecule is CCc1nc(C)ccc1Oc1cc(Cl)ccc1CNC. The van der Waals surface area contributed by atoms with Crippen LogP contribution in [0.3, 0.4) is 0 Å². The van der Waals surface area contributed by atoms with Crippen molar-refractivity contribution in [2.75, 3.05) is 7.05 Å². The third-order valence-electron chi connectivity index (χ3n) is 3.02. The topological polar surface area (TPSA) is 34.1 Å². The highest BCUT2D eigenvalue weighted by Crippen LogP contribution is 2.30. The van der Waals surface area contributed by atoms with E-state index >= 15 is 0 Å². The molecule has 0 aliphatic rings. The minimum absolute atomic E-state index is 0.665. The quantitative estimate of drug-likeness (QED) is 0.899. The van der Waals surface area contributed by atoms with Crippen molar-refractivity contribution in [3.05, 3.63) is 52.3 Å². The van der Waals surface area contributed by atoms with E-state index in [1.807, 2.05) is 44.3 Å². The number of halogens is 1. The largest absolute Gasteiger partial charge is 0.455 e. The number of pyridine rings is 1. The van der Waals surface area contributed by atoms with Gasteiger partial charge in [-0.2, -0.15) is 0 Å². The van der Waals surface area contributed by atoms with Gasteiger partial charge in [-0.3, -0.25) is 4.98 Å². The minimum atomic E-state index is 0.665. The Morgan fingerprint density at radius 1 is 1.20 bits per heavy atom. The molecule has 3 nitrogen and oxygen atoms in total. The highest BCUT2D eigenvalue weighted by Gasteiger charge is 2.09. The molecule has 1 aromatic heterocycles. The summed E-state index contributed by atoms with van der Waals surface area (Å²) >= 11 is 6.07. The fourth-order valence-corrected chi connectivity index (χ4v) is 2.18. The van der Waals surface area contributed by atoms with Crippen molar-refractivity contribution in [2.45, 2.75) is 26.8 Å². The van der Waals surface area contributed by atoms with Crippen LogP contribution in [-0.2, 0) is 13.0 Å². The average Bonchev–Trinajstić information content (AvgIpc) is 2.44. The lowest BCUT2D eigenvalue weighted by molar-refractivity contribution is 0.465. The monoisotopic (exact) mass is 290 g/mol. The second-order valence-corrected chi connectivity index (χ2v) is 5.07. The standard InChI is InChI=1S/C16H19ClN2O/c1-4-14-15(8-5-11(2)19-14)20-16-9-13(17)7-6-12(16)10-18-3/h5-9,18H,4,10H2,1-3H3. The summed E-state index contributed by atoms with van der Waals surface area (Å²) in [6.07, 6.45) is 0.832. The van der Waals surface area contributed by atoms with Crippen LogP contribution in [0.1, 0.15) is 23.9 Å². The van der Waals surface area contributed by atoms with Gasteiger partial charge in [0.2, 0.25) is 0 Å². The highest BCUT2D eigenvalue weighted by atomic mass is 35.5. The van der Waals surface area contributed by atoms with Crippen molar-refractivity contribution in [1.82, 2.24) is 10.3 Å². The summed E-state index contributed by atoms with van der Waals surface area (Å²) < 4.78 is 6.03. The third kappa shape index (κ3) is 3.50. The molecule has 0 radical (unpaired) electrons. The van der Waals surface area contributed by atoms with E-state index in [0.717, 1.165) is 41.4 Å². The van der Waals surface area contributed by atoms with E-state index in [-0.39, 0.29) is 0 Å². The van der Waals surface area contributed by atoms with E-state index in [1.165, 1.54) is 0 Å². The fraction of sp³-hybridized carbons (Fsp3) is 0.312. The van der Waals surface area contributed by atoms with Gasteiger partial charge < -0.3 is 10.1 Å². The number of aryl methyl sites for hydroxylation is 2. The minimum Gasteiger partial charge on any atom is -0.455 e. The van der Waals surface area contributed by atoms with Crippen LogP contribution in [0.25, 0.3) is 0 Å². The number of nitrogens with zero attached hydrogens (tertiary/aromatic N) is 1. The molecule has 0 aliphatic heterocycles. The summed E-state index contributed by atoms with van der Waals surface area (Å²) in [6.45, 7) is 4.78. The van der Waals surface area contributed by atoms with Gasteiger partial charge in [-0.15, -0.1) is 0 Å². The molecule has 20 heavy (non-hydrogen) atoms. The molecule has 0 atom stereocenters. The maximum absolute atomic E-state index is 6.07. The Morgan fingerprint density at radius 2 is 2.00 bits per heavy atom. The normalized spacial score (nSPS) is 10.6. The molecular formula is C16H19ClN2O. The summed E-state index contributed by atoms with van der Waals surface area (Å²) in [5.74, 6) is 1.56. The van der Waals surface area contributed by atoms with Crippen LogP contribution >= 0.6 is 11.6 Å². The number of hydrogen-bond acceptors (Lipinski definition) is 3.